The molecule has 0 aromatic heterocycles. The van der Waals surface area contributed by atoms with Crippen molar-refractivity contribution in [1.82, 2.24) is 0 Å². The zero-order valence-electron chi connectivity index (χ0n) is 8.78. The highest BCUT2D eigenvalue weighted by atomic mass is 35.5. The Morgan fingerprint density at radius 2 is 2.12 bits per heavy atom. The molecule has 1 aromatic rings. The molecule has 1 aromatic carbocycles. The number of hydrogen-bond donors (Lipinski definition) is 0. The summed E-state index contributed by atoms with van der Waals surface area (Å²) in [6, 6.07) is 7.55. The van der Waals surface area contributed by atoms with Gasteiger partial charge in [0.25, 0.3) is 0 Å². The number of hydrogen-bond acceptors (Lipinski definition) is 3. The molecule has 0 N–H and O–H groups in total. The average Bonchev–Trinajstić information content (AvgIpc) is 2.33. The van der Waals surface area contributed by atoms with Crippen molar-refractivity contribution in [3.05, 3.63) is 28.8 Å². The molecule has 4 heteroatoms. The van der Waals surface area contributed by atoms with Crippen molar-refractivity contribution in [2.45, 2.75) is 23.0 Å². The molecule has 2 nitrogen and oxygen atoms in total. The first-order chi connectivity index (χ1) is 7.79. The fourth-order valence-electron chi connectivity index (χ4n) is 1.64. The lowest BCUT2D eigenvalue weighted by Crippen LogP contribution is -2.17. The molecule has 0 saturated carbocycles. The van der Waals surface area contributed by atoms with Crippen LogP contribution in [0.3, 0.4) is 0 Å². The normalized spacial score (nSPS) is 17.0. The molecule has 1 aliphatic rings. The lowest BCUT2D eigenvalue weighted by atomic mass is 10.2. The molecule has 2 rings (SSSR count). The summed E-state index contributed by atoms with van der Waals surface area (Å²) in [6.45, 7) is 1.68. The third-order valence-electron chi connectivity index (χ3n) is 2.52. The minimum absolute atomic E-state index is 0.583. The third-order valence-corrected chi connectivity index (χ3v) is 4.36. The van der Waals surface area contributed by atoms with Crippen molar-refractivity contribution in [2.24, 2.45) is 0 Å². The standard InChI is InChI=1S/C12H12ClNOS/c13-11-7-9(8-14)1-2-12(11)16-10-3-5-15-6-4-10/h1-2,7,10H,3-6H2. The summed E-state index contributed by atoms with van der Waals surface area (Å²) in [4.78, 5) is 1.06. The Bertz CT molecular complexity index is 410. The van der Waals surface area contributed by atoms with E-state index in [2.05, 4.69) is 6.07 Å². The van der Waals surface area contributed by atoms with Crippen LogP contribution in [0.2, 0.25) is 5.02 Å². The van der Waals surface area contributed by atoms with E-state index in [4.69, 9.17) is 21.6 Å². The maximum Gasteiger partial charge on any atom is 0.0992 e. The van der Waals surface area contributed by atoms with Gasteiger partial charge in [0, 0.05) is 23.4 Å². The molecule has 0 spiro atoms. The Balaban J connectivity index is 2.06. The topological polar surface area (TPSA) is 33.0 Å². The zero-order chi connectivity index (χ0) is 11.4. The molecule has 1 heterocycles. The first-order valence-electron chi connectivity index (χ1n) is 5.23. The third kappa shape index (κ3) is 2.91. The van der Waals surface area contributed by atoms with E-state index in [1.807, 2.05) is 12.1 Å². The number of halogens is 1. The first kappa shape index (κ1) is 11.8. The van der Waals surface area contributed by atoms with Gasteiger partial charge in [0.05, 0.1) is 16.7 Å². The zero-order valence-corrected chi connectivity index (χ0v) is 10.4. The minimum Gasteiger partial charge on any atom is -0.381 e. The maximum atomic E-state index is 8.74. The van der Waals surface area contributed by atoms with E-state index in [0.717, 1.165) is 31.0 Å². The summed E-state index contributed by atoms with van der Waals surface area (Å²) >= 11 is 7.91. The van der Waals surface area contributed by atoms with Crippen molar-refractivity contribution >= 4 is 23.4 Å². The van der Waals surface area contributed by atoms with Gasteiger partial charge < -0.3 is 4.74 Å². The number of nitriles is 1. The highest BCUT2D eigenvalue weighted by Gasteiger charge is 2.16. The van der Waals surface area contributed by atoms with E-state index < -0.39 is 0 Å². The summed E-state index contributed by atoms with van der Waals surface area (Å²) in [6.07, 6.45) is 2.14. The van der Waals surface area contributed by atoms with Crippen LogP contribution in [0.5, 0.6) is 0 Å². The van der Waals surface area contributed by atoms with Crippen molar-refractivity contribution in [2.75, 3.05) is 13.2 Å². The Kier molecular flexibility index (Phi) is 4.11. The van der Waals surface area contributed by atoms with Gasteiger partial charge >= 0.3 is 0 Å². The minimum atomic E-state index is 0.583. The molecule has 16 heavy (non-hydrogen) atoms. The van der Waals surface area contributed by atoms with Crippen LogP contribution < -0.4 is 0 Å². The number of thioether (sulfide) groups is 1. The van der Waals surface area contributed by atoms with Crippen molar-refractivity contribution in [3.8, 4) is 6.07 Å². The first-order valence-corrected chi connectivity index (χ1v) is 6.49. The average molecular weight is 254 g/mol. The Hall–Kier alpha value is -0.690. The van der Waals surface area contributed by atoms with Gasteiger partial charge in [-0.2, -0.15) is 5.26 Å². The van der Waals surface area contributed by atoms with Crippen LogP contribution in [0, 0.1) is 11.3 Å². The van der Waals surface area contributed by atoms with E-state index >= 15 is 0 Å². The highest BCUT2D eigenvalue weighted by Crippen LogP contribution is 2.34. The highest BCUT2D eigenvalue weighted by molar-refractivity contribution is 8.00. The van der Waals surface area contributed by atoms with Gasteiger partial charge in [0.2, 0.25) is 0 Å². The second-order valence-corrected chi connectivity index (χ2v) is 5.44. The van der Waals surface area contributed by atoms with Crippen LogP contribution in [-0.2, 0) is 4.74 Å². The van der Waals surface area contributed by atoms with E-state index in [1.54, 1.807) is 17.8 Å². The predicted molar refractivity (Wildman–Crippen MR) is 65.9 cm³/mol. The van der Waals surface area contributed by atoms with Gasteiger partial charge in [-0.05, 0) is 31.0 Å². The van der Waals surface area contributed by atoms with Crippen molar-refractivity contribution in [3.63, 3.8) is 0 Å². The van der Waals surface area contributed by atoms with Crippen LogP contribution in [-0.4, -0.2) is 18.5 Å². The Morgan fingerprint density at radius 3 is 2.75 bits per heavy atom. The molecule has 0 amide bonds. The molecule has 0 unspecified atom stereocenters. The molecule has 84 valence electrons. The fraction of sp³-hybridized carbons (Fsp3) is 0.417. The monoisotopic (exact) mass is 253 g/mol. The summed E-state index contributed by atoms with van der Waals surface area (Å²) in [5.41, 5.74) is 0.612. The lowest BCUT2D eigenvalue weighted by Gasteiger charge is -2.21. The predicted octanol–water partition coefficient (Wildman–Crippen LogP) is 3.48. The van der Waals surface area contributed by atoms with Crippen LogP contribution in [0.15, 0.2) is 23.1 Å². The van der Waals surface area contributed by atoms with Crippen LogP contribution in [0.1, 0.15) is 18.4 Å². The molecule has 1 fully saturated rings. The summed E-state index contributed by atoms with van der Waals surface area (Å²) in [5, 5.41) is 10.0. The Morgan fingerprint density at radius 1 is 1.38 bits per heavy atom. The quantitative estimate of drug-likeness (QED) is 0.809. The van der Waals surface area contributed by atoms with E-state index in [-0.39, 0.29) is 0 Å². The number of benzene rings is 1. The van der Waals surface area contributed by atoms with Crippen LogP contribution in [0.4, 0.5) is 0 Å². The summed E-state index contributed by atoms with van der Waals surface area (Å²) in [5.74, 6) is 0. The van der Waals surface area contributed by atoms with Gasteiger partial charge in [-0.15, -0.1) is 11.8 Å². The molecule has 0 aliphatic carbocycles. The maximum absolute atomic E-state index is 8.74. The number of rotatable bonds is 2. The van der Waals surface area contributed by atoms with Gasteiger partial charge in [0.15, 0.2) is 0 Å². The van der Waals surface area contributed by atoms with Gasteiger partial charge in [-0.3, -0.25) is 0 Å². The second kappa shape index (κ2) is 5.58. The smallest absolute Gasteiger partial charge is 0.0992 e. The van der Waals surface area contributed by atoms with Gasteiger partial charge in [-0.1, -0.05) is 11.6 Å². The van der Waals surface area contributed by atoms with Gasteiger partial charge in [-0.25, -0.2) is 0 Å². The Labute approximate surface area is 105 Å². The number of nitrogens with zero attached hydrogens (tertiary/aromatic N) is 1. The molecule has 1 aliphatic heterocycles. The van der Waals surface area contributed by atoms with Crippen molar-refractivity contribution < 1.29 is 4.74 Å². The molecular weight excluding hydrogens is 242 g/mol. The van der Waals surface area contributed by atoms with E-state index in [9.17, 15) is 0 Å². The second-order valence-electron chi connectivity index (χ2n) is 3.69. The van der Waals surface area contributed by atoms with Crippen LogP contribution in [0.25, 0.3) is 0 Å². The van der Waals surface area contributed by atoms with Crippen molar-refractivity contribution in [1.29, 1.82) is 5.26 Å². The van der Waals surface area contributed by atoms with E-state index in [0.29, 0.717) is 15.8 Å². The number of ether oxygens (including phenoxy) is 1. The summed E-state index contributed by atoms with van der Waals surface area (Å²) < 4.78 is 5.31. The molecular formula is C12H12ClNOS. The van der Waals surface area contributed by atoms with Crippen LogP contribution >= 0.6 is 23.4 Å². The lowest BCUT2D eigenvalue weighted by molar-refractivity contribution is 0.100. The fourth-order valence-corrected chi connectivity index (χ4v) is 3.06. The molecule has 0 bridgehead atoms. The molecule has 0 atom stereocenters. The van der Waals surface area contributed by atoms with Gasteiger partial charge in [0.1, 0.15) is 0 Å². The van der Waals surface area contributed by atoms with E-state index in [1.165, 1.54) is 0 Å². The summed E-state index contributed by atoms with van der Waals surface area (Å²) in [7, 11) is 0. The molecule has 0 radical (unpaired) electrons. The SMILES string of the molecule is N#Cc1ccc(SC2CCOCC2)c(Cl)c1. The largest absolute Gasteiger partial charge is 0.381 e. The molecule has 1 saturated heterocycles.